The van der Waals surface area contributed by atoms with Gasteiger partial charge in [0.25, 0.3) is 0 Å². The fourth-order valence-corrected chi connectivity index (χ4v) is 6.28. The Morgan fingerprint density at radius 1 is 0.818 bits per heavy atom. The maximum atomic E-state index is 1.63. The Labute approximate surface area is 77.2 Å². The smallest absolute Gasteiger partial charge is 0.0789 e. The van der Waals surface area contributed by atoms with Gasteiger partial charge in [0.15, 0.2) is 0 Å². The maximum absolute atomic E-state index is 1.63. The maximum Gasteiger partial charge on any atom is 0.221 e. The molecule has 0 spiro atoms. The van der Waals surface area contributed by atoms with Crippen LogP contribution >= 0.6 is 0 Å². The summed E-state index contributed by atoms with van der Waals surface area (Å²) in [5.74, 6) is 3.54. The van der Waals surface area contributed by atoms with E-state index in [0.29, 0.717) is 0 Å². The molecule has 0 heterocycles. The van der Waals surface area contributed by atoms with Crippen LogP contribution in [-0.4, -0.2) is 16.3 Å². The van der Waals surface area contributed by atoms with Crippen LogP contribution in [0.1, 0.15) is 38.5 Å². The zero-order valence-corrected chi connectivity index (χ0v) is 9.47. The second kappa shape index (κ2) is 2.06. The predicted octanol–water partition coefficient (Wildman–Crippen LogP) is 2.01. The third-order valence-corrected chi connectivity index (χ3v) is 5.57. The molecule has 0 N–H and O–H groups in total. The van der Waals surface area contributed by atoms with Crippen LogP contribution < -0.4 is 0 Å². The highest BCUT2D eigenvalue weighted by molar-refractivity contribution is 6.15. The van der Waals surface area contributed by atoms with Gasteiger partial charge in [-0.1, -0.05) is 23.5 Å². The van der Waals surface area contributed by atoms with Crippen molar-refractivity contribution in [2.45, 2.75) is 42.8 Å². The van der Waals surface area contributed by atoms with E-state index in [1.54, 1.807) is 38.5 Å². The summed E-state index contributed by atoms with van der Waals surface area (Å²) in [6.07, 6.45) is 9.73. The second-order valence-corrected chi connectivity index (χ2v) is 7.85. The molecule has 0 unspecified atom stereocenters. The van der Waals surface area contributed by atoms with E-state index < -0.39 is 0 Å². The molecule has 0 aromatic heterocycles. The van der Waals surface area contributed by atoms with Crippen LogP contribution in [0.4, 0.5) is 0 Å². The first-order valence-electron chi connectivity index (χ1n) is 5.23. The summed E-state index contributed by atoms with van der Waals surface area (Å²) in [6, 6.07) is 0. The van der Waals surface area contributed by atoms with Crippen molar-refractivity contribution in [2.75, 3.05) is 0 Å². The van der Waals surface area contributed by atoms with Crippen molar-refractivity contribution in [2.24, 2.45) is 17.8 Å². The summed E-state index contributed by atoms with van der Waals surface area (Å²) < 4.78 is 0.939. The fraction of sp³-hybridized carbons (Fsp3) is 1.00. The van der Waals surface area contributed by atoms with Gasteiger partial charge in [-0.05, 0) is 37.0 Å². The molecule has 4 rings (SSSR count). The van der Waals surface area contributed by atoms with Gasteiger partial charge < -0.3 is 0 Å². The molecule has 60 valence electrons. The lowest BCUT2D eigenvalue weighted by Gasteiger charge is -2.56. The molecule has 0 nitrogen and oxygen atoms in total. The lowest BCUT2D eigenvalue weighted by Crippen LogP contribution is -2.42. The quantitative estimate of drug-likeness (QED) is 0.480. The predicted molar refractivity (Wildman–Crippen MR) is 49.4 cm³/mol. The van der Waals surface area contributed by atoms with Crippen LogP contribution in [0.15, 0.2) is 0 Å². The van der Waals surface area contributed by atoms with E-state index in [4.69, 9.17) is 0 Å². The number of rotatable bonds is 0. The Morgan fingerprint density at radius 2 is 1.18 bits per heavy atom. The largest absolute Gasteiger partial charge is 0.221 e. The van der Waals surface area contributed by atoms with E-state index >= 15 is 0 Å². The SMILES string of the molecule is [AlH2][C]12CC3CC(CC(C3)C1)C2. The first-order valence-corrected chi connectivity index (χ1v) is 6.23. The molecule has 11 heavy (non-hydrogen) atoms. The average molecular weight is 164 g/mol. The van der Waals surface area contributed by atoms with Gasteiger partial charge in [-0.3, -0.25) is 0 Å². The minimum Gasteiger partial charge on any atom is -0.0789 e. The Balaban J connectivity index is 1.94. The molecule has 0 aromatic rings. The lowest BCUT2D eigenvalue weighted by atomic mass is 9.56. The van der Waals surface area contributed by atoms with Crippen LogP contribution in [0, 0.1) is 17.8 Å². The molecule has 4 fully saturated rings. The van der Waals surface area contributed by atoms with Crippen LogP contribution in [0.2, 0.25) is 4.28 Å². The Bertz CT molecular complexity index is 150. The molecule has 0 aliphatic heterocycles. The van der Waals surface area contributed by atoms with Gasteiger partial charge in [-0.15, -0.1) is 0 Å². The zero-order valence-electron chi connectivity index (χ0n) is 7.47. The summed E-state index contributed by atoms with van der Waals surface area (Å²) in [7, 11) is 0. The molecule has 4 aliphatic rings. The molecule has 4 saturated carbocycles. The van der Waals surface area contributed by atoms with E-state index in [9.17, 15) is 0 Å². The minimum absolute atomic E-state index is 0.939. The van der Waals surface area contributed by atoms with Gasteiger partial charge >= 0.3 is 0 Å². The monoisotopic (exact) mass is 164 g/mol. The Hall–Kier alpha value is 0.532. The molecule has 0 radical (unpaired) electrons. The van der Waals surface area contributed by atoms with Crippen LogP contribution in [0.3, 0.4) is 0 Å². The minimum atomic E-state index is 0.939. The van der Waals surface area contributed by atoms with Crippen molar-refractivity contribution in [1.82, 2.24) is 0 Å². The normalized spacial score (nSPS) is 60.2. The number of hydrogen-bond acceptors (Lipinski definition) is 0. The van der Waals surface area contributed by atoms with Gasteiger partial charge in [-0.25, -0.2) is 0 Å². The molecule has 4 bridgehead atoms. The van der Waals surface area contributed by atoms with E-state index in [2.05, 4.69) is 0 Å². The van der Waals surface area contributed by atoms with Crippen molar-refractivity contribution < 1.29 is 0 Å². The van der Waals surface area contributed by atoms with Crippen molar-refractivity contribution in [3.8, 4) is 0 Å². The molecule has 0 atom stereocenters. The first kappa shape index (κ1) is 6.99. The van der Waals surface area contributed by atoms with Gasteiger partial charge in [0, 0.05) is 0 Å². The van der Waals surface area contributed by atoms with Gasteiger partial charge in [0.1, 0.15) is 0 Å². The van der Waals surface area contributed by atoms with Crippen molar-refractivity contribution in [3.05, 3.63) is 0 Å². The molecule has 0 saturated heterocycles. The highest BCUT2D eigenvalue weighted by Gasteiger charge is 2.47. The van der Waals surface area contributed by atoms with Gasteiger partial charge in [0.05, 0.1) is 0 Å². The molecule has 1 heteroatoms. The van der Waals surface area contributed by atoms with Gasteiger partial charge in [0.2, 0.25) is 16.3 Å². The second-order valence-electron chi connectivity index (χ2n) is 5.73. The van der Waals surface area contributed by atoms with E-state index in [1.807, 2.05) is 0 Å². The van der Waals surface area contributed by atoms with Crippen LogP contribution in [0.25, 0.3) is 0 Å². The molecular formula is C10H17Al. The lowest BCUT2D eigenvalue weighted by molar-refractivity contribution is 0.0303. The molecule has 0 aromatic carbocycles. The summed E-state index contributed by atoms with van der Waals surface area (Å²) in [5, 5.41) is 0. The third-order valence-electron chi connectivity index (χ3n) is 4.34. The highest BCUT2D eigenvalue weighted by Crippen LogP contribution is 2.62. The highest BCUT2D eigenvalue weighted by atomic mass is 27.0. The Morgan fingerprint density at radius 3 is 1.45 bits per heavy atom. The van der Waals surface area contributed by atoms with Gasteiger partial charge in [-0.2, -0.15) is 0 Å². The summed E-state index contributed by atoms with van der Waals surface area (Å²) in [6.45, 7) is 0. The topological polar surface area (TPSA) is 0 Å². The van der Waals surface area contributed by atoms with Crippen molar-refractivity contribution >= 4 is 16.3 Å². The fourth-order valence-electron chi connectivity index (χ4n) is 4.54. The van der Waals surface area contributed by atoms with E-state index in [1.165, 1.54) is 34.0 Å². The summed E-state index contributed by atoms with van der Waals surface area (Å²) in [5.41, 5.74) is 0. The first-order chi connectivity index (χ1) is 5.23. The van der Waals surface area contributed by atoms with Crippen molar-refractivity contribution in [3.63, 3.8) is 0 Å². The van der Waals surface area contributed by atoms with E-state index in [0.717, 1.165) is 4.28 Å². The van der Waals surface area contributed by atoms with Crippen molar-refractivity contribution in [1.29, 1.82) is 0 Å². The standard InChI is InChI=1S/C10H15.Al.2H/c1-7-2-9-4-8(1)5-10(3-7)6-9;;;/h7-9H,1-6H2;;;. The summed E-state index contributed by atoms with van der Waals surface area (Å²) in [4.78, 5) is 0. The molecule has 4 aliphatic carbocycles. The van der Waals surface area contributed by atoms with Crippen LogP contribution in [-0.2, 0) is 0 Å². The number of hydrogen-bond donors (Lipinski definition) is 0. The zero-order chi connectivity index (χ0) is 7.47. The molecule has 0 amide bonds. The third kappa shape index (κ3) is 1.01. The molecular weight excluding hydrogens is 147 g/mol. The van der Waals surface area contributed by atoms with Crippen LogP contribution in [0.5, 0.6) is 0 Å². The Kier molecular flexibility index (Phi) is 1.31. The summed E-state index contributed by atoms with van der Waals surface area (Å²) >= 11 is 1.49. The van der Waals surface area contributed by atoms with E-state index in [-0.39, 0.29) is 0 Å². The average Bonchev–Trinajstić information content (AvgIpc) is 1.79.